The van der Waals surface area contributed by atoms with E-state index in [0.29, 0.717) is 10.0 Å². The van der Waals surface area contributed by atoms with Gasteiger partial charge in [0.2, 0.25) is 0 Å². The van der Waals surface area contributed by atoms with Gasteiger partial charge in [-0.1, -0.05) is 65.7 Å². The van der Waals surface area contributed by atoms with Crippen molar-refractivity contribution in [3.05, 3.63) is 95.0 Å². The number of halogens is 2. The minimum absolute atomic E-state index is 0.215. The Bertz CT molecular complexity index is 1030. The third kappa shape index (κ3) is 3.75. The van der Waals surface area contributed by atoms with Crippen molar-refractivity contribution in [3.63, 3.8) is 0 Å². The molecule has 4 rings (SSSR count). The summed E-state index contributed by atoms with van der Waals surface area (Å²) < 4.78 is 2.11. The highest BCUT2D eigenvalue weighted by Gasteiger charge is 2.17. The maximum atomic E-state index is 6.22. The minimum atomic E-state index is 0.215. The number of fused-ring (bicyclic) bond motifs is 1. The number of hydrogen-bond donors (Lipinski definition) is 0. The lowest BCUT2D eigenvalue weighted by atomic mass is 10.0. The predicted octanol–water partition coefficient (Wildman–Crippen LogP) is 6.88. The summed E-state index contributed by atoms with van der Waals surface area (Å²) in [7, 11) is 0. The lowest BCUT2D eigenvalue weighted by Gasteiger charge is -2.20. The molecule has 130 valence electrons. The summed E-state index contributed by atoms with van der Waals surface area (Å²) in [6.07, 6.45) is 5.66. The second-order valence-electron chi connectivity index (χ2n) is 6.01. The van der Waals surface area contributed by atoms with Gasteiger partial charge >= 0.3 is 0 Å². The minimum Gasteiger partial charge on any atom is -0.336 e. The topological polar surface area (TPSA) is 17.8 Å². The molecule has 1 heterocycles. The first kappa shape index (κ1) is 17.5. The maximum Gasteiger partial charge on any atom is 0.0946 e. The molecule has 0 aliphatic heterocycles. The first-order valence-corrected chi connectivity index (χ1v) is 9.89. The molecule has 1 atom stereocenters. The van der Waals surface area contributed by atoms with Gasteiger partial charge < -0.3 is 4.57 Å². The van der Waals surface area contributed by atoms with Crippen LogP contribution in [-0.4, -0.2) is 9.55 Å². The standard InChI is InChI=1S/C21H16Cl2N2S/c22-19-9-8-16(12-20(19)23)26-21(13-25-11-10-24-14-25)18-7-3-5-15-4-1-2-6-17(15)18/h1-12,14,21H,13H2. The molecule has 0 saturated carbocycles. The van der Waals surface area contributed by atoms with Gasteiger partial charge in [0.15, 0.2) is 0 Å². The number of nitrogens with zero attached hydrogens (tertiary/aromatic N) is 2. The Morgan fingerprint density at radius 2 is 1.81 bits per heavy atom. The van der Waals surface area contributed by atoms with E-state index in [-0.39, 0.29) is 5.25 Å². The maximum absolute atomic E-state index is 6.22. The third-order valence-electron chi connectivity index (χ3n) is 4.28. The monoisotopic (exact) mass is 398 g/mol. The largest absolute Gasteiger partial charge is 0.336 e. The van der Waals surface area contributed by atoms with Crippen LogP contribution in [0.2, 0.25) is 10.0 Å². The number of benzene rings is 3. The Labute approximate surface area is 166 Å². The molecule has 0 aliphatic carbocycles. The fourth-order valence-electron chi connectivity index (χ4n) is 3.03. The van der Waals surface area contributed by atoms with Crippen LogP contribution in [-0.2, 0) is 6.54 Å². The van der Waals surface area contributed by atoms with Crippen LogP contribution in [0.25, 0.3) is 10.8 Å². The highest BCUT2D eigenvalue weighted by Crippen LogP contribution is 2.41. The quantitative estimate of drug-likeness (QED) is 0.341. The molecule has 4 aromatic rings. The lowest BCUT2D eigenvalue weighted by molar-refractivity contribution is 0.686. The first-order chi connectivity index (χ1) is 12.7. The van der Waals surface area contributed by atoms with Gasteiger partial charge in [-0.05, 0) is 34.5 Å². The summed E-state index contributed by atoms with van der Waals surface area (Å²) in [6, 6.07) is 20.8. The average Bonchev–Trinajstić information content (AvgIpc) is 3.17. The molecule has 0 aliphatic rings. The zero-order valence-electron chi connectivity index (χ0n) is 13.8. The van der Waals surface area contributed by atoms with Crippen LogP contribution in [0, 0.1) is 0 Å². The van der Waals surface area contributed by atoms with Crippen molar-refractivity contribution in [1.82, 2.24) is 9.55 Å². The molecule has 0 N–H and O–H groups in total. The Balaban J connectivity index is 1.75. The molecule has 0 bridgehead atoms. The smallest absolute Gasteiger partial charge is 0.0946 e. The number of hydrogen-bond acceptors (Lipinski definition) is 2. The molecule has 5 heteroatoms. The van der Waals surface area contributed by atoms with Crippen LogP contribution in [0.15, 0.2) is 84.3 Å². The molecular formula is C21H16Cl2N2S. The van der Waals surface area contributed by atoms with Crippen molar-refractivity contribution in [2.45, 2.75) is 16.7 Å². The van der Waals surface area contributed by atoms with E-state index in [9.17, 15) is 0 Å². The van der Waals surface area contributed by atoms with Gasteiger partial charge in [0.25, 0.3) is 0 Å². The Morgan fingerprint density at radius 1 is 0.962 bits per heavy atom. The Hall–Kier alpha value is -1.94. The highest BCUT2D eigenvalue weighted by atomic mass is 35.5. The summed E-state index contributed by atoms with van der Waals surface area (Å²) in [5.74, 6) is 0. The van der Waals surface area contributed by atoms with E-state index in [4.69, 9.17) is 23.2 Å². The highest BCUT2D eigenvalue weighted by molar-refractivity contribution is 7.99. The Morgan fingerprint density at radius 3 is 2.62 bits per heavy atom. The summed E-state index contributed by atoms with van der Waals surface area (Å²) in [5, 5.41) is 3.89. The normalized spacial score (nSPS) is 12.4. The van der Waals surface area contributed by atoms with Crippen molar-refractivity contribution in [2.75, 3.05) is 0 Å². The van der Waals surface area contributed by atoms with Crippen LogP contribution in [0.4, 0.5) is 0 Å². The van der Waals surface area contributed by atoms with Crippen molar-refractivity contribution in [1.29, 1.82) is 0 Å². The molecule has 26 heavy (non-hydrogen) atoms. The number of rotatable bonds is 5. The van der Waals surface area contributed by atoms with Gasteiger partial charge in [-0.25, -0.2) is 4.98 Å². The van der Waals surface area contributed by atoms with E-state index in [1.165, 1.54) is 16.3 Å². The van der Waals surface area contributed by atoms with E-state index < -0.39 is 0 Å². The SMILES string of the molecule is Clc1ccc(SC(Cn2ccnc2)c2cccc3ccccc23)cc1Cl. The molecule has 0 fully saturated rings. The van der Waals surface area contributed by atoms with E-state index in [2.05, 4.69) is 52.0 Å². The van der Waals surface area contributed by atoms with Gasteiger partial charge in [0.05, 0.1) is 21.6 Å². The number of imidazole rings is 1. The average molecular weight is 399 g/mol. The Kier molecular flexibility index (Phi) is 5.21. The zero-order valence-corrected chi connectivity index (χ0v) is 16.2. The molecular weight excluding hydrogens is 383 g/mol. The molecule has 0 amide bonds. The van der Waals surface area contributed by atoms with Crippen LogP contribution in [0.1, 0.15) is 10.8 Å². The van der Waals surface area contributed by atoms with Crippen molar-refractivity contribution < 1.29 is 0 Å². The van der Waals surface area contributed by atoms with Crippen LogP contribution >= 0.6 is 35.0 Å². The fourth-order valence-corrected chi connectivity index (χ4v) is 4.63. The number of thioether (sulfide) groups is 1. The number of aromatic nitrogens is 2. The summed E-state index contributed by atoms with van der Waals surface area (Å²) in [6.45, 7) is 0.818. The van der Waals surface area contributed by atoms with Crippen molar-refractivity contribution in [3.8, 4) is 0 Å². The van der Waals surface area contributed by atoms with E-state index in [1.807, 2.05) is 36.9 Å². The molecule has 1 aromatic heterocycles. The molecule has 0 spiro atoms. The predicted molar refractivity (Wildman–Crippen MR) is 111 cm³/mol. The summed E-state index contributed by atoms with van der Waals surface area (Å²) in [5.41, 5.74) is 1.30. The van der Waals surface area contributed by atoms with Gasteiger partial charge in [0, 0.05) is 23.8 Å². The van der Waals surface area contributed by atoms with Crippen molar-refractivity contribution in [2.24, 2.45) is 0 Å². The first-order valence-electron chi connectivity index (χ1n) is 8.26. The van der Waals surface area contributed by atoms with Gasteiger partial charge in [-0.2, -0.15) is 0 Å². The van der Waals surface area contributed by atoms with Crippen LogP contribution in [0.5, 0.6) is 0 Å². The van der Waals surface area contributed by atoms with Crippen molar-refractivity contribution >= 4 is 45.7 Å². The summed E-state index contributed by atoms with van der Waals surface area (Å²) >= 11 is 14.1. The van der Waals surface area contributed by atoms with E-state index in [1.54, 1.807) is 11.8 Å². The molecule has 1 unspecified atom stereocenters. The molecule has 0 saturated heterocycles. The fraction of sp³-hybridized carbons (Fsp3) is 0.0952. The van der Waals surface area contributed by atoms with Gasteiger partial charge in [-0.3, -0.25) is 0 Å². The van der Waals surface area contributed by atoms with Crippen LogP contribution in [0.3, 0.4) is 0 Å². The second-order valence-corrected chi connectivity index (χ2v) is 8.10. The van der Waals surface area contributed by atoms with Gasteiger partial charge in [0.1, 0.15) is 0 Å². The molecule has 0 radical (unpaired) electrons. The van der Waals surface area contributed by atoms with E-state index in [0.717, 1.165) is 11.4 Å². The zero-order chi connectivity index (χ0) is 17.9. The molecule has 3 aromatic carbocycles. The summed E-state index contributed by atoms with van der Waals surface area (Å²) in [4.78, 5) is 5.27. The molecule has 2 nitrogen and oxygen atoms in total. The van der Waals surface area contributed by atoms with Gasteiger partial charge in [-0.15, -0.1) is 11.8 Å². The third-order valence-corrected chi connectivity index (χ3v) is 6.23. The van der Waals surface area contributed by atoms with Crippen LogP contribution < -0.4 is 0 Å². The van der Waals surface area contributed by atoms with E-state index >= 15 is 0 Å². The lowest BCUT2D eigenvalue weighted by Crippen LogP contribution is -2.05. The second kappa shape index (κ2) is 7.75.